The van der Waals surface area contributed by atoms with Gasteiger partial charge in [0.2, 0.25) is 0 Å². The van der Waals surface area contributed by atoms with E-state index in [1.807, 2.05) is 0 Å². The third kappa shape index (κ3) is 9.17. The van der Waals surface area contributed by atoms with Crippen molar-refractivity contribution in [3.8, 4) is 11.1 Å². The Kier molecular flexibility index (Phi) is 11.3. The van der Waals surface area contributed by atoms with Crippen LogP contribution < -0.4 is 0 Å². The summed E-state index contributed by atoms with van der Waals surface area (Å²) in [7, 11) is 0. The quantitative estimate of drug-likeness (QED) is 0.195. The van der Waals surface area contributed by atoms with E-state index in [9.17, 15) is 0 Å². The van der Waals surface area contributed by atoms with Crippen molar-refractivity contribution >= 4 is 0 Å². The van der Waals surface area contributed by atoms with Gasteiger partial charge in [0.05, 0.1) is 0 Å². The maximum atomic E-state index is 2.39. The van der Waals surface area contributed by atoms with Crippen molar-refractivity contribution in [1.82, 2.24) is 0 Å². The van der Waals surface area contributed by atoms with Crippen LogP contribution in [0.5, 0.6) is 0 Å². The number of hydrogen-bond acceptors (Lipinski definition) is 0. The molecule has 1 aliphatic carbocycles. The Morgan fingerprint density at radius 2 is 0.838 bits per heavy atom. The van der Waals surface area contributed by atoms with Gasteiger partial charge in [0.25, 0.3) is 0 Å². The van der Waals surface area contributed by atoms with E-state index in [-0.39, 0.29) is 0 Å². The highest BCUT2D eigenvalue weighted by Gasteiger charge is 2.20. The lowest BCUT2D eigenvalue weighted by Gasteiger charge is -2.28. The first kappa shape index (κ1) is 27.7. The predicted octanol–water partition coefficient (Wildman–Crippen LogP) is 10.8. The first-order chi connectivity index (χ1) is 18.2. The Labute approximate surface area is 227 Å². The second-order valence-electron chi connectivity index (χ2n) is 11.7. The van der Waals surface area contributed by atoms with Gasteiger partial charge in [-0.1, -0.05) is 144 Å². The van der Waals surface area contributed by atoms with Gasteiger partial charge >= 0.3 is 0 Å². The zero-order valence-electron chi connectivity index (χ0n) is 23.7. The summed E-state index contributed by atoms with van der Waals surface area (Å²) in [6.07, 6.45) is 20.2. The first-order valence-corrected chi connectivity index (χ1v) is 15.5. The second-order valence-corrected chi connectivity index (χ2v) is 11.7. The Morgan fingerprint density at radius 3 is 1.32 bits per heavy atom. The first-order valence-electron chi connectivity index (χ1n) is 15.5. The third-order valence-corrected chi connectivity index (χ3v) is 8.81. The number of hydrogen-bond donors (Lipinski definition) is 0. The molecule has 0 amide bonds. The van der Waals surface area contributed by atoms with Crippen molar-refractivity contribution in [2.75, 3.05) is 0 Å². The SMILES string of the molecule is CCCCCC1CCC(CCc2ccc(CCc3ccc(-c4ccc(CCCC)cc4)cc3)cc2)CC1. The van der Waals surface area contributed by atoms with E-state index in [1.165, 1.54) is 117 Å². The van der Waals surface area contributed by atoms with Crippen LogP contribution in [0.25, 0.3) is 11.1 Å². The molecule has 0 nitrogen and oxygen atoms in total. The topological polar surface area (TPSA) is 0 Å². The Morgan fingerprint density at radius 1 is 0.432 bits per heavy atom. The molecule has 1 aliphatic rings. The summed E-state index contributed by atoms with van der Waals surface area (Å²) in [6, 6.07) is 27.9. The van der Waals surface area contributed by atoms with Crippen molar-refractivity contribution in [1.29, 1.82) is 0 Å². The highest BCUT2D eigenvalue weighted by atomic mass is 14.3. The monoisotopic (exact) mass is 494 g/mol. The van der Waals surface area contributed by atoms with Crippen LogP contribution in [0.4, 0.5) is 0 Å². The molecule has 0 spiro atoms. The average Bonchev–Trinajstić information content (AvgIpc) is 2.96. The van der Waals surface area contributed by atoms with E-state index in [2.05, 4.69) is 86.6 Å². The molecule has 0 saturated heterocycles. The molecular formula is C37H50. The molecule has 4 rings (SSSR count). The Balaban J connectivity index is 1.17. The molecule has 0 aliphatic heterocycles. The van der Waals surface area contributed by atoms with Gasteiger partial charge in [0, 0.05) is 0 Å². The molecule has 0 aromatic heterocycles. The molecule has 0 atom stereocenters. The van der Waals surface area contributed by atoms with Gasteiger partial charge in [0.1, 0.15) is 0 Å². The van der Waals surface area contributed by atoms with E-state index >= 15 is 0 Å². The third-order valence-electron chi connectivity index (χ3n) is 8.81. The summed E-state index contributed by atoms with van der Waals surface area (Å²) in [4.78, 5) is 0. The van der Waals surface area contributed by atoms with E-state index in [0.717, 1.165) is 24.7 Å². The molecule has 1 saturated carbocycles. The maximum absolute atomic E-state index is 2.39. The van der Waals surface area contributed by atoms with Crippen LogP contribution in [0.3, 0.4) is 0 Å². The average molecular weight is 495 g/mol. The van der Waals surface area contributed by atoms with Gasteiger partial charge < -0.3 is 0 Å². The van der Waals surface area contributed by atoms with E-state index in [0.29, 0.717) is 0 Å². The lowest BCUT2D eigenvalue weighted by atomic mass is 9.78. The Hall–Kier alpha value is -2.34. The largest absolute Gasteiger partial charge is 0.0654 e. The number of unbranched alkanes of at least 4 members (excludes halogenated alkanes) is 3. The molecule has 0 heteroatoms. The van der Waals surface area contributed by atoms with Gasteiger partial charge in [-0.05, 0) is 83.7 Å². The van der Waals surface area contributed by atoms with Crippen LogP contribution in [0.1, 0.15) is 107 Å². The lowest BCUT2D eigenvalue weighted by Crippen LogP contribution is -2.15. The van der Waals surface area contributed by atoms with Crippen molar-refractivity contribution in [2.45, 2.75) is 110 Å². The number of aryl methyl sites for hydroxylation is 4. The van der Waals surface area contributed by atoms with Crippen LogP contribution in [0, 0.1) is 11.8 Å². The summed E-state index contributed by atoms with van der Waals surface area (Å²) < 4.78 is 0. The molecule has 0 bridgehead atoms. The minimum Gasteiger partial charge on any atom is -0.0654 e. The molecule has 198 valence electrons. The van der Waals surface area contributed by atoms with Gasteiger partial charge in [-0.2, -0.15) is 0 Å². The zero-order valence-corrected chi connectivity index (χ0v) is 23.7. The highest BCUT2D eigenvalue weighted by Crippen LogP contribution is 2.34. The lowest BCUT2D eigenvalue weighted by molar-refractivity contribution is 0.249. The standard InChI is InChI=1S/C37H50/c1-3-5-7-9-31-10-12-32(13-11-31)14-15-33-16-18-34(19-17-33)20-21-35-24-28-37(29-25-35)36-26-22-30(23-27-36)8-6-4-2/h16-19,22-29,31-32H,3-15,20-21H2,1-2H3. The summed E-state index contributed by atoms with van der Waals surface area (Å²) in [5.74, 6) is 1.99. The van der Waals surface area contributed by atoms with Crippen LogP contribution in [0.15, 0.2) is 72.8 Å². The van der Waals surface area contributed by atoms with E-state index in [4.69, 9.17) is 0 Å². The maximum Gasteiger partial charge on any atom is -0.0184 e. The van der Waals surface area contributed by atoms with Crippen LogP contribution >= 0.6 is 0 Å². The zero-order chi connectivity index (χ0) is 25.7. The summed E-state index contributed by atoms with van der Waals surface area (Å²) in [5, 5.41) is 0. The highest BCUT2D eigenvalue weighted by molar-refractivity contribution is 5.64. The van der Waals surface area contributed by atoms with Crippen molar-refractivity contribution in [3.63, 3.8) is 0 Å². The van der Waals surface area contributed by atoms with Crippen LogP contribution in [0.2, 0.25) is 0 Å². The normalized spacial score (nSPS) is 17.7. The van der Waals surface area contributed by atoms with Gasteiger partial charge in [0.15, 0.2) is 0 Å². The number of rotatable bonds is 14. The van der Waals surface area contributed by atoms with Gasteiger partial charge in [-0.15, -0.1) is 0 Å². The molecule has 3 aromatic rings. The van der Waals surface area contributed by atoms with E-state index in [1.54, 1.807) is 0 Å². The summed E-state index contributed by atoms with van der Waals surface area (Å²) >= 11 is 0. The summed E-state index contributed by atoms with van der Waals surface area (Å²) in [6.45, 7) is 4.57. The fourth-order valence-electron chi connectivity index (χ4n) is 6.13. The predicted molar refractivity (Wildman–Crippen MR) is 162 cm³/mol. The van der Waals surface area contributed by atoms with Crippen molar-refractivity contribution in [3.05, 3.63) is 95.1 Å². The van der Waals surface area contributed by atoms with Crippen LogP contribution in [-0.4, -0.2) is 0 Å². The molecule has 0 unspecified atom stereocenters. The molecule has 0 N–H and O–H groups in total. The molecule has 37 heavy (non-hydrogen) atoms. The Bertz CT molecular complexity index is 1000. The molecule has 0 heterocycles. The fourth-order valence-corrected chi connectivity index (χ4v) is 6.13. The molecular weight excluding hydrogens is 444 g/mol. The molecule has 3 aromatic carbocycles. The fraction of sp³-hybridized carbons (Fsp3) is 0.514. The van der Waals surface area contributed by atoms with Crippen molar-refractivity contribution < 1.29 is 0 Å². The number of benzene rings is 3. The minimum atomic E-state index is 0.962. The van der Waals surface area contributed by atoms with Crippen molar-refractivity contribution in [2.24, 2.45) is 11.8 Å². The summed E-state index contributed by atoms with van der Waals surface area (Å²) in [5.41, 5.74) is 8.51. The molecule has 1 fully saturated rings. The van der Waals surface area contributed by atoms with E-state index < -0.39 is 0 Å². The smallest absolute Gasteiger partial charge is 0.0184 e. The van der Waals surface area contributed by atoms with Gasteiger partial charge in [-0.3, -0.25) is 0 Å². The molecule has 0 radical (unpaired) electrons. The second kappa shape index (κ2) is 15.2. The van der Waals surface area contributed by atoms with Crippen LogP contribution in [-0.2, 0) is 25.7 Å². The minimum absolute atomic E-state index is 0.962. The van der Waals surface area contributed by atoms with Gasteiger partial charge in [-0.25, -0.2) is 0 Å².